The van der Waals surface area contributed by atoms with E-state index in [1.165, 1.54) is 0 Å². The van der Waals surface area contributed by atoms with Gasteiger partial charge in [-0.15, -0.1) is 0 Å². The number of methoxy groups -OCH3 is 2. The molecule has 2 aromatic carbocycles. The number of aromatic nitrogens is 2. The van der Waals surface area contributed by atoms with Gasteiger partial charge < -0.3 is 14.8 Å². The molecule has 1 amide bonds. The molecule has 0 aliphatic heterocycles. The fourth-order valence-corrected chi connectivity index (χ4v) is 3.71. The van der Waals surface area contributed by atoms with Gasteiger partial charge in [-0.3, -0.25) is 9.78 Å². The summed E-state index contributed by atoms with van der Waals surface area (Å²) in [6.07, 6.45) is 3.39. The molecule has 2 heterocycles. The van der Waals surface area contributed by atoms with E-state index in [9.17, 15) is 4.79 Å². The molecule has 1 N–H and O–H groups in total. The molecule has 0 unspecified atom stereocenters. The molecule has 0 radical (unpaired) electrons. The van der Waals surface area contributed by atoms with Gasteiger partial charge in [-0.05, 0) is 61.0 Å². The normalized spacial score (nSPS) is 11.8. The SMILES string of the molecule is COc1ccc([C@H](C)NC(=O)c2cc(-c3ccncc3)nc3ccc(Cl)cc23)cc1OC. The Balaban J connectivity index is 1.72. The molecule has 0 spiro atoms. The van der Waals surface area contributed by atoms with Crippen molar-refractivity contribution in [3.63, 3.8) is 0 Å². The number of amides is 1. The number of carbonyl (C=O) groups is 1. The summed E-state index contributed by atoms with van der Waals surface area (Å²) in [7, 11) is 3.17. The van der Waals surface area contributed by atoms with Gasteiger partial charge in [0, 0.05) is 28.4 Å². The van der Waals surface area contributed by atoms with Crippen LogP contribution in [0.3, 0.4) is 0 Å². The fraction of sp³-hybridized carbons (Fsp3) is 0.160. The largest absolute Gasteiger partial charge is 0.493 e. The van der Waals surface area contributed by atoms with Gasteiger partial charge in [0.15, 0.2) is 11.5 Å². The lowest BCUT2D eigenvalue weighted by Crippen LogP contribution is -2.27. The van der Waals surface area contributed by atoms with Crippen LogP contribution in [-0.2, 0) is 0 Å². The summed E-state index contributed by atoms with van der Waals surface area (Å²) in [4.78, 5) is 22.1. The number of halogens is 1. The summed E-state index contributed by atoms with van der Waals surface area (Å²) in [6, 6.07) is 16.1. The van der Waals surface area contributed by atoms with Crippen LogP contribution in [0.5, 0.6) is 11.5 Å². The lowest BCUT2D eigenvalue weighted by Gasteiger charge is -2.18. The lowest BCUT2D eigenvalue weighted by molar-refractivity contribution is 0.0941. The van der Waals surface area contributed by atoms with Crippen molar-refractivity contribution in [1.82, 2.24) is 15.3 Å². The fourth-order valence-electron chi connectivity index (χ4n) is 3.54. The van der Waals surface area contributed by atoms with Crippen LogP contribution in [0.15, 0.2) is 67.0 Å². The Morgan fingerprint density at radius 2 is 1.72 bits per heavy atom. The number of pyridine rings is 2. The van der Waals surface area contributed by atoms with E-state index < -0.39 is 0 Å². The van der Waals surface area contributed by atoms with Crippen LogP contribution in [-0.4, -0.2) is 30.1 Å². The Labute approximate surface area is 191 Å². The van der Waals surface area contributed by atoms with Crippen LogP contribution < -0.4 is 14.8 Å². The molecule has 0 fully saturated rings. The average Bonchev–Trinajstić information content (AvgIpc) is 2.83. The summed E-state index contributed by atoms with van der Waals surface area (Å²) in [5.41, 5.74) is 3.64. The Kier molecular flexibility index (Phi) is 6.23. The maximum atomic E-state index is 13.4. The van der Waals surface area contributed by atoms with Gasteiger partial charge in [0.05, 0.1) is 37.0 Å². The van der Waals surface area contributed by atoms with Crippen LogP contribution in [0.2, 0.25) is 5.02 Å². The van der Waals surface area contributed by atoms with Crippen molar-refractivity contribution in [2.24, 2.45) is 0 Å². The Morgan fingerprint density at radius 3 is 2.44 bits per heavy atom. The minimum absolute atomic E-state index is 0.225. The maximum absolute atomic E-state index is 13.4. The molecule has 0 bridgehead atoms. The zero-order valence-electron chi connectivity index (χ0n) is 17.9. The van der Waals surface area contributed by atoms with Crippen LogP contribution in [0.4, 0.5) is 0 Å². The van der Waals surface area contributed by atoms with Crippen LogP contribution in [0, 0.1) is 0 Å². The van der Waals surface area contributed by atoms with Gasteiger partial charge in [0.2, 0.25) is 0 Å². The molecule has 4 aromatic rings. The molecule has 0 saturated heterocycles. The smallest absolute Gasteiger partial charge is 0.252 e. The lowest BCUT2D eigenvalue weighted by atomic mass is 10.0. The molecule has 0 aliphatic rings. The molecule has 32 heavy (non-hydrogen) atoms. The van der Waals surface area contributed by atoms with E-state index >= 15 is 0 Å². The number of carbonyl (C=O) groups excluding carboxylic acids is 1. The van der Waals surface area contributed by atoms with Gasteiger partial charge in [-0.1, -0.05) is 17.7 Å². The highest BCUT2D eigenvalue weighted by Gasteiger charge is 2.18. The van der Waals surface area contributed by atoms with E-state index in [4.69, 9.17) is 26.1 Å². The van der Waals surface area contributed by atoms with E-state index in [2.05, 4.69) is 10.3 Å². The zero-order valence-corrected chi connectivity index (χ0v) is 18.7. The first kappa shape index (κ1) is 21.6. The first-order chi connectivity index (χ1) is 15.5. The number of benzene rings is 2. The van der Waals surface area contributed by atoms with E-state index in [0.717, 1.165) is 11.1 Å². The molecule has 162 valence electrons. The van der Waals surface area contributed by atoms with Gasteiger partial charge in [0.25, 0.3) is 5.91 Å². The molecule has 1 atom stereocenters. The first-order valence-corrected chi connectivity index (χ1v) is 10.4. The Morgan fingerprint density at radius 1 is 0.969 bits per heavy atom. The van der Waals surface area contributed by atoms with Crippen molar-refractivity contribution in [2.75, 3.05) is 14.2 Å². The predicted octanol–water partition coefficient (Wildman–Crippen LogP) is 5.46. The molecule has 0 saturated carbocycles. The number of fused-ring (bicyclic) bond motifs is 1. The molecule has 2 aromatic heterocycles. The predicted molar refractivity (Wildman–Crippen MR) is 125 cm³/mol. The van der Waals surface area contributed by atoms with Crippen molar-refractivity contribution < 1.29 is 14.3 Å². The maximum Gasteiger partial charge on any atom is 0.252 e. The van der Waals surface area contributed by atoms with Crippen molar-refractivity contribution >= 4 is 28.4 Å². The highest BCUT2D eigenvalue weighted by atomic mass is 35.5. The third-order valence-electron chi connectivity index (χ3n) is 5.25. The highest BCUT2D eigenvalue weighted by molar-refractivity contribution is 6.31. The number of ether oxygens (including phenoxy) is 2. The molecule has 7 heteroatoms. The summed E-state index contributed by atoms with van der Waals surface area (Å²) >= 11 is 6.22. The van der Waals surface area contributed by atoms with Gasteiger partial charge in [0.1, 0.15) is 0 Å². The standard InChI is InChI=1S/C25H22ClN3O3/c1-15(17-4-7-23(31-2)24(12-17)32-3)28-25(30)20-14-22(16-8-10-27-11-9-16)29-21-6-5-18(26)13-19(20)21/h4-15H,1-3H3,(H,28,30)/t15-/m0/s1. The van der Waals surface area contributed by atoms with Crippen LogP contribution >= 0.6 is 11.6 Å². The summed E-state index contributed by atoms with van der Waals surface area (Å²) in [5.74, 6) is 1.01. The second-order valence-electron chi connectivity index (χ2n) is 7.26. The minimum Gasteiger partial charge on any atom is -0.493 e. The number of nitrogens with one attached hydrogen (secondary N) is 1. The second-order valence-corrected chi connectivity index (χ2v) is 7.70. The number of nitrogens with zero attached hydrogens (tertiary/aromatic N) is 2. The van der Waals surface area contributed by atoms with Gasteiger partial charge in [-0.25, -0.2) is 4.98 Å². The van der Waals surface area contributed by atoms with E-state index in [0.29, 0.717) is 38.7 Å². The topological polar surface area (TPSA) is 73.3 Å². The van der Waals surface area contributed by atoms with Crippen molar-refractivity contribution in [1.29, 1.82) is 0 Å². The van der Waals surface area contributed by atoms with Crippen molar-refractivity contribution in [2.45, 2.75) is 13.0 Å². The second kappa shape index (κ2) is 9.24. The zero-order chi connectivity index (χ0) is 22.7. The summed E-state index contributed by atoms with van der Waals surface area (Å²) in [6.45, 7) is 1.92. The van der Waals surface area contributed by atoms with Gasteiger partial charge in [-0.2, -0.15) is 0 Å². The van der Waals surface area contributed by atoms with Crippen molar-refractivity contribution in [3.05, 3.63) is 83.1 Å². The van der Waals surface area contributed by atoms with Crippen LogP contribution in [0.1, 0.15) is 28.9 Å². The molecular weight excluding hydrogens is 426 g/mol. The van der Waals surface area contributed by atoms with E-state index in [1.807, 2.05) is 43.3 Å². The number of rotatable bonds is 6. The minimum atomic E-state index is -0.269. The molecule has 0 aliphatic carbocycles. The number of hydrogen-bond acceptors (Lipinski definition) is 5. The van der Waals surface area contributed by atoms with Crippen molar-refractivity contribution in [3.8, 4) is 22.8 Å². The highest BCUT2D eigenvalue weighted by Crippen LogP contribution is 2.31. The first-order valence-electron chi connectivity index (χ1n) is 10.0. The monoisotopic (exact) mass is 447 g/mol. The Hall–Kier alpha value is -3.64. The van der Waals surface area contributed by atoms with Crippen LogP contribution in [0.25, 0.3) is 22.2 Å². The average molecular weight is 448 g/mol. The third-order valence-corrected chi connectivity index (χ3v) is 5.48. The quantitative estimate of drug-likeness (QED) is 0.425. The molecule has 6 nitrogen and oxygen atoms in total. The van der Waals surface area contributed by atoms with Gasteiger partial charge >= 0.3 is 0 Å². The number of hydrogen-bond donors (Lipinski definition) is 1. The Bertz CT molecular complexity index is 1280. The summed E-state index contributed by atoms with van der Waals surface area (Å²) < 4.78 is 10.7. The molecule has 4 rings (SSSR count). The van der Waals surface area contributed by atoms with E-state index in [-0.39, 0.29) is 11.9 Å². The van der Waals surface area contributed by atoms with E-state index in [1.54, 1.807) is 44.8 Å². The molecular formula is C25H22ClN3O3. The third kappa shape index (κ3) is 4.36. The summed E-state index contributed by atoms with van der Waals surface area (Å²) in [5, 5.41) is 4.30.